The van der Waals surface area contributed by atoms with Crippen molar-refractivity contribution in [1.82, 2.24) is 14.6 Å². The van der Waals surface area contributed by atoms with E-state index in [1.165, 1.54) is 19.1 Å². The number of benzene rings is 2. The number of nitrogens with zero attached hydrogens (tertiary/aromatic N) is 4. The van der Waals surface area contributed by atoms with Crippen LogP contribution >= 0.6 is 0 Å². The predicted octanol–water partition coefficient (Wildman–Crippen LogP) is 2.66. The lowest BCUT2D eigenvalue weighted by atomic mass is 10.1. The highest BCUT2D eigenvalue weighted by Crippen LogP contribution is 2.20. The molecule has 6 nitrogen and oxygen atoms in total. The molecular formula is C17H12F2N4O2. The lowest BCUT2D eigenvalue weighted by Crippen LogP contribution is -2.21. The molecule has 2 aromatic carbocycles. The van der Waals surface area contributed by atoms with Crippen LogP contribution in [0.25, 0.3) is 5.69 Å². The number of nitriles is 1. The molecular weight excluding hydrogens is 330 g/mol. The van der Waals surface area contributed by atoms with Crippen LogP contribution in [0.1, 0.15) is 17.0 Å². The Kier molecular flexibility index (Phi) is 4.31. The third-order valence-corrected chi connectivity index (χ3v) is 3.49. The van der Waals surface area contributed by atoms with Crippen molar-refractivity contribution in [2.45, 2.75) is 13.5 Å². The molecule has 0 amide bonds. The smallest absolute Gasteiger partial charge is 0.379 e. The Hall–Kier alpha value is -3.47. The maximum absolute atomic E-state index is 14.2. The SMILES string of the molecule is Cc1nn(-c2ccc(OCc3cccc(C#N)c3)cc2F)c(=O)n1F. The first-order chi connectivity index (χ1) is 12.0. The van der Waals surface area contributed by atoms with Crippen molar-refractivity contribution >= 4 is 0 Å². The van der Waals surface area contributed by atoms with Crippen LogP contribution in [0.4, 0.5) is 8.87 Å². The van der Waals surface area contributed by atoms with E-state index in [4.69, 9.17) is 10.00 Å². The van der Waals surface area contributed by atoms with Gasteiger partial charge in [-0.25, -0.2) is 9.18 Å². The van der Waals surface area contributed by atoms with E-state index < -0.39 is 11.5 Å². The lowest BCUT2D eigenvalue weighted by molar-refractivity contribution is 0.304. The van der Waals surface area contributed by atoms with E-state index in [0.29, 0.717) is 10.2 Å². The quantitative estimate of drug-likeness (QED) is 0.731. The van der Waals surface area contributed by atoms with Gasteiger partial charge in [-0.2, -0.15) is 9.94 Å². The average Bonchev–Trinajstić information content (AvgIpc) is 2.87. The summed E-state index contributed by atoms with van der Waals surface area (Å²) in [5.74, 6) is -0.723. The molecule has 8 heteroatoms. The Morgan fingerprint density at radius 2 is 2.08 bits per heavy atom. The van der Waals surface area contributed by atoms with Crippen molar-refractivity contribution in [3.05, 3.63) is 75.7 Å². The molecule has 1 aromatic heterocycles. The fourth-order valence-electron chi connectivity index (χ4n) is 2.25. The molecule has 0 aliphatic rings. The van der Waals surface area contributed by atoms with E-state index in [1.807, 2.05) is 6.07 Å². The lowest BCUT2D eigenvalue weighted by Gasteiger charge is -2.08. The summed E-state index contributed by atoms with van der Waals surface area (Å²) in [6.45, 7) is 1.44. The third-order valence-electron chi connectivity index (χ3n) is 3.49. The van der Waals surface area contributed by atoms with Gasteiger partial charge in [0.15, 0.2) is 11.6 Å². The molecule has 0 aliphatic carbocycles. The summed E-state index contributed by atoms with van der Waals surface area (Å²) in [7, 11) is 0. The van der Waals surface area contributed by atoms with Gasteiger partial charge in [0.05, 0.1) is 11.6 Å². The van der Waals surface area contributed by atoms with E-state index in [1.54, 1.807) is 24.3 Å². The van der Waals surface area contributed by atoms with Gasteiger partial charge in [0.2, 0.25) is 0 Å². The first kappa shape index (κ1) is 16.4. The summed E-state index contributed by atoms with van der Waals surface area (Å²) in [6.07, 6.45) is 0. The van der Waals surface area contributed by atoms with Crippen LogP contribution in [0, 0.1) is 24.1 Å². The van der Waals surface area contributed by atoms with E-state index in [9.17, 15) is 13.7 Å². The number of aryl methyl sites for hydroxylation is 1. The van der Waals surface area contributed by atoms with Gasteiger partial charge in [0.1, 0.15) is 18.0 Å². The van der Waals surface area contributed by atoms with Gasteiger partial charge in [0, 0.05) is 6.07 Å². The van der Waals surface area contributed by atoms with Crippen molar-refractivity contribution in [1.29, 1.82) is 5.26 Å². The van der Waals surface area contributed by atoms with Crippen LogP contribution < -0.4 is 10.4 Å². The van der Waals surface area contributed by atoms with Crippen LogP contribution in [-0.4, -0.2) is 14.6 Å². The number of hydrogen-bond donors (Lipinski definition) is 0. The predicted molar refractivity (Wildman–Crippen MR) is 84.5 cm³/mol. The minimum Gasteiger partial charge on any atom is -0.489 e. The average molecular weight is 342 g/mol. The molecule has 0 spiro atoms. The monoisotopic (exact) mass is 342 g/mol. The van der Waals surface area contributed by atoms with Crippen LogP contribution in [0.15, 0.2) is 47.3 Å². The zero-order valence-electron chi connectivity index (χ0n) is 13.1. The molecule has 3 aromatic rings. The van der Waals surface area contributed by atoms with Gasteiger partial charge in [-0.15, -0.1) is 9.89 Å². The van der Waals surface area contributed by atoms with Gasteiger partial charge in [-0.05, 0) is 36.8 Å². The second-order valence-electron chi connectivity index (χ2n) is 5.24. The molecule has 0 radical (unpaired) electrons. The Morgan fingerprint density at radius 3 is 2.72 bits per heavy atom. The van der Waals surface area contributed by atoms with E-state index in [2.05, 4.69) is 5.10 Å². The number of aromatic nitrogens is 3. The summed E-state index contributed by atoms with van der Waals surface area (Å²) in [6, 6.07) is 12.7. The molecule has 0 unspecified atom stereocenters. The van der Waals surface area contributed by atoms with Gasteiger partial charge < -0.3 is 4.74 Å². The molecule has 126 valence electrons. The van der Waals surface area contributed by atoms with Crippen molar-refractivity contribution < 1.29 is 13.6 Å². The summed E-state index contributed by atoms with van der Waals surface area (Å²) in [5.41, 5.74) is -0.00699. The van der Waals surface area contributed by atoms with Gasteiger partial charge in [-0.1, -0.05) is 16.6 Å². The van der Waals surface area contributed by atoms with Crippen molar-refractivity contribution in [2.75, 3.05) is 0 Å². The molecule has 0 atom stereocenters. The Labute approximate surface area is 141 Å². The number of rotatable bonds is 4. The largest absolute Gasteiger partial charge is 0.489 e. The van der Waals surface area contributed by atoms with Crippen LogP contribution in [-0.2, 0) is 6.61 Å². The molecule has 0 saturated heterocycles. The second kappa shape index (κ2) is 6.57. The number of ether oxygens (including phenoxy) is 1. The Bertz CT molecular complexity index is 1030. The highest BCUT2D eigenvalue weighted by atomic mass is 19.2. The summed E-state index contributed by atoms with van der Waals surface area (Å²) in [4.78, 5) is 11.5. The maximum atomic E-state index is 14.2. The minimum atomic E-state index is -1.08. The van der Waals surface area contributed by atoms with Gasteiger partial charge in [-0.3, -0.25) is 0 Å². The number of hydrogen-bond acceptors (Lipinski definition) is 4. The highest BCUT2D eigenvalue weighted by molar-refractivity contribution is 5.38. The van der Waals surface area contributed by atoms with Crippen molar-refractivity contribution in [2.24, 2.45) is 0 Å². The molecule has 1 heterocycles. The zero-order chi connectivity index (χ0) is 18.0. The molecule has 3 rings (SSSR count). The van der Waals surface area contributed by atoms with Crippen molar-refractivity contribution in [3.8, 4) is 17.5 Å². The molecule has 0 bridgehead atoms. The first-order valence-corrected chi connectivity index (χ1v) is 7.26. The topological polar surface area (TPSA) is 72.8 Å². The summed E-state index contributed by atoms with van der Waals surface area (Å²) in [5, 5.41) is 12.5. The molecule has 0 N–H and O–H groups in total. The molecule has 0 fully saturated rings. The molecule has 0 aliphatic heterocycles. The Morgan fingerprint density at radius 1 is 1.28 bits per heavy atom. The van der Waals surface area contributed by atoms with Crippen LogP contribution in [0.5, 0.6) is 5.75 Å². The maximum Gasteiger partial charge on any atom is 0.379 e. The molecule has 25 heavy (non-hydrogen) atoms. The minimum absolute atomic E-state index is 0.145. The zero-order valence-corrected chi connectivity index (χ0v) is 13.1. The van der Waals surface area contributed by atoms with E-state index >= 15 is 0 Å². The van der Waals surface area contributed by atoms with Crippen LogP contribution in [0.2, 0.25) is 0 Å². The summed E-state index contributed by atoms with van der Waals surface area (Å²) >= 11 is 0. The first-order valence-electron chi connectivity index (χ1n) is 7.26. The Balaban J connectivity index is 1.81. The normalized spacial score (nSPS) is 10.5. The fourth-order valence-corrected chi connectivity index (χ4v) is 2.25. The fraction of sp³-hybridized carbons (Fsp3) is 0.118. The standard InChI is InChI=1S/C17H12F2N4O2/c1-11-21-23(17(24)22(11)19)16-6-5-14(8-15(16)18)25-10-13-4-2-3-12(7-13)9-20/h2-8H,10H2,1H3. The highest BCUT2D eigenvalue weighted by Gasteiger charge is 2.15. The van der Waals surface area contributed by atoms with Crippen molar-refractivity contribution in [3.63, 3.8) is 0 Å². The van der Waals surface area contributed by atoms with Crippen LogP contribution in [0.3, 0.4) is 0 Å². The number of halogens is 2. The third kappa shape index (κ3) is 3.26. The summed E-state index contributed by atoms with van der Waals surface area (Å²) < 4.78 is 33.7. The van der Waals surface area contributed by atoms with Gasteiger partial charge >= 0.3 is 5.69 Å². The second-order valence-corrected chi connectivity index (χ2v) is 5.24. The molecule has 0 saturated carbocycles. The van der Waals surface area contributed by atoms with E-state index in [0.717, 1.165) is 11.6 Å². The van der Waals surface area contributed by atoms with Gasteiger partial charge in [0.25, 0.3) is 0 Å². The van der Waals surface area contributed by atoms with E-state index in [-0.39, 0.29) is 28.7 Å².